The van der Waals surface area contributed by atoms with E-state index in [2.05, 4.69) is 27.3 Å². The second kappa shape index (κ2) is 7.23. The molecule has 5 heteroatoms. The average molecular weight is 285 g/mol. The van der Waals surface area contributed by atoms with Crippen LogP contribution in [0.3, 0.4) is 0 Å². The Morgan fingerprint density at radius 3 is 2.88 bits per heavy atom. The number of nitrogens with zero attached hydrogens (tertiary/aromatic N) is 1. The Morgan fingerprint density at radius 2 is 2.25 bits per heavy atom. The van der Waals surface area contributed by atoms with Gasteiger partial charge in [0.2, 0.25) is 0 Å². The molecule has 86 valence electrons. The van der Waals surface area contributed by atoms with Crippen LogP contribution in [0.15, 0.2) is 22.7 Å². The maximum absolute atomic E-state index is 8.69. The fourth-order valence-electron chi connectivity index (χ4n) is 1.15. The highest BCUT2D eigenvalue weighted by Gasteiger charge is 2.00. The minimum atomic E-state index is 0.0422. The molecule has 0 aliphatic carbocycles. The van der Waals surface area contributed by atoms with Crippen LogP contribution in [0.1, 0.15) is 5.56 Å². The first kappa shape index (κ1) is 13.0. The van der Waals surface area contributed by atoms with Crippen LogP contribution >= 0.6 is 15.9 Å². The summed E-state index contributed by atoms with van der Waals surface area (Å²) in [6.45, 7) is 1.59. The summed E-state index contributed by atoms with van der Waals surface area (Å²) in [5, 5.41) is 20.4. The SMILES string of the molecule is N#Cc1ccc(NCCOCCO)c(Br)c1. The van der Waals surface area contributed by atoms with Crippen LogP contribution in [0.5, 0.6) is 0 Å². The zero-order valence-electron chi connectivity index (χ0n) is 8.74. The first-order chi connectivity index (χ1) is 7.77. The largest absolute Gasteiger partial charge is 0.394 e. The molecular weight excluding hydrogens is 272 g/mol. The fourth-order valence-corrected chi connectivity index (χ4v) is 1.67. The topological polar surface area (TPSA) is 65.3 Å². The van der Waals surface area contributed by atoms with Crippen molar-refractivity contribution in [3.63, 3.8) is 0 Å². The number of anilines is 1. The Morgan fingerprint density at radius 1 is 1.44 bits per heavy atom. The number of benzene rings is 1. The lowest BCUT2D eigenvalue weighted by Crippen LogP contribution is -2.11. The smallest absolute Gasteiger partial charge is 0.0992 e. The van der Waals surface area contributed by atoms with Crippen molar-refractivity contribution in [2.45, 2.75) is 0 Å². The number of rotatable bonds is 6. The monoisotopic (exact) mass is 284 g/mol. The molecule has 0 saturated heterocycles. The molecule has 0 bridgehead atoms. The molecule has 0 fully saturated rings. The Kier molecular flexibility index (Phi) is 5.86. The van der Waals surface area contributed by atoms with Crippen molar-refractivity contribution in [1.29, 1.82) is 5.26 Å². The number of aliphatic hydroxyl groups excluding tert-OH is 1. The first-order valence-corrected chi connectivity index (χ1v) is 5.69. The second-order valence-electron chi connectivity index (χ2n) is 3.07. The molecular formula is C11H13BrN2O2. The van der Waals surface area contributed by atoms with Crippen molar-refractivity contribution in [3.8, 4) is 6.07 Å². The van der Waals surface area contributed by atoms with Gasteiger partial charge in [0.1, 0.15) is 0 Å². The number of hydrogen-bond donors (Lipinski definition) is 2. The summed E-state index contributed by atoms with van der Waals surface area (Å²) < 4.78 is 5.96. The molecule has 2 N–H and O–H groups in total. The van der Waals surface area contributed by atoms with Gasteiger partial charge >= 0.3 is 0 Å². The summed E-state index contributed by atoms with van der Waals surface area (Å²) in [6.07, 6.45) is 0. The van der Waals surface area contributed by atoms with Gasteiger partial charge in [0.05, 0.1) is 31.5 Å². The summed E-state index contributed by atoms with van der Waals surface area (Å²) in [7, 11) is 0. The predicted octanol–water partition coefficient (Wildman–Crippen LogP) is 1.74. The summed E-state index contributed by atoms with van der Waals surface area (Å²) >= 11 is 3.38. The lowest BCUT2D eigenvalue weighted by molar-refractivity contribution is 0.0992. The Labute approximate surface area is 103 Å². The molecule has 1 aromatic carbocycles. The molecule has 0 heterocycles. The van der Waals surface area contributed by atoms with Crippen LogP contribution in [-0.4, -0.2) is 31.5 Å². The molecule has 0 atom stereocenters. The highest BCUT2D eigenvalue weighted by Crippen LogP contribution is 2.22. The minimum absolute atomic E-state index is 0.0422. The maximum atomic E-state index is 8.69. The van der Waals surface area contributed by atoms with E-state index in [1.807, 2.05) is 6.07 Å². The molecule has 0 amide bonds. The standard InChI is InChI=1S/C11H13BrN2O2/c12-10-7-9(8-13)1-2-11(10)14-3-5-16-6-4-15/h1-2,7,14-15H,3-6H2. The van der Waals surface area contributed by atoms with Crippen LogP contribution in [0.25, 0.3) is 0 Å². The van der Waals surface area contributed by atoms with Gasteiger partial charge in [0, 0.05) is 16.7 Å². The lowest BCUT2D eigenvalue weighted by Gasteiger charge is -2.08. The normalized spacial score (nSPS) is 9.81. The van der Waals surface area contributed by atoms with E-state index in [9.17, 15) is 0 Å². The van der Waals surface area contributed by atoms with E-state index in [-0.39, 0.29) is 6.61 Å². The quantitative estimate of drug-likeness (QED) is 0.781. The number of ether oxygens (including phenoxy) is 1. The van der Waals surface area contributed by atoms with Crippen LogP contribution in [0, 0.1) is 11.3 Å². The predicted molar refractivity (Wildman–Crippen MR) is 65.3 cm³/mol. The van der Waals surface area contributed by atoms with E-state index in [4.69, 9.17) is 15.1 Å². The maximum Gasteiger partial charge on any atom is 0.0992 e. The van der Waals surface area contributed by atoms with Gasteiger partial charge in [-0.05, 0) is 34.1 Å². The molecule has 0 aliphatic rings. The van der Waals surface area contributed by atoms with Gasteiger partial charge in [0.15, 0.2) is 0 Å². The summed E-state index contributed by atoms with van der Waals surface area (Å²) in [5.74, 6) is 0. The zero-order chi connectivity index (χ0) is 11.8. The average Bonchev–Trinajstić information content (AvgIpc) is 2.30. The molecule has 0 aliphatic heterocycles. The van der Waals surface area contributed by atoms with E-state index < -0.39 is 0 Å². The second-order valence-corrected chi connectivity index (χ2v) is 3.92. The summed E-state index contributed by atoms with van der Waals surface area (Å²) in [5.41, 5.74) is 1.54. The number of nitrogens with one attached hydrogen (secondary N) is 1. The van der Waals surface area contributed by atoms with Crippen molar-refractivity contribution in [2.24, 2.45) is 0 Å². The van der Waals surface area contributed by atoms with Crippen molar-refractivity contribution < 1.29 is 9.84 Å². The zero-order valence-corrected chi connectivity index (χ0v) is 10.3. The van der Waals surface area contributed by atoms with Gasteiger partial charge in [0.25, 0.3) is 0 Å². The van der Waals surface area contributed by atoms with Gasteiger partial charge in [-0.1, -0.05) is 0 Å². The Hall–Kier alpha value is -1.09. The summed E-state index contributed by atoms with van der Waals surface area (Å²) in [4.78, 5) is 0. The Balaban J connectivity index is 2.40. The Bertz CT molecular complexity index is 377. The summed E-state index contributed by atoms with van der Waals surface area (Å²) in [6, 6.07) is 7.42. The molecule has 0 unspecified atom stereocenters. The van der Waals surface area contributed by atoms with Gasteiger partial charge in [-0.2, -0.15) is 5.26 Å². The molecule has 4 nitrogen and oxygen atoms in total. The first-order valence-electron chi connectivity index (χ1n) is 4.90. The molecule has 1 aromatic rings. The van der Waals surface area contributed by atoms with Crippen LogP contribution < -0.4 is 5.32 Å². The number of hydrogen-bond acceptors (Lipinski definition) is 4. The number of nitriles is 1. The highest BCUT2D eigenvalue weighted by atomic mass is 79.9. The molecule has 0 radical (unpaired) electrons. The highest BCUT2D eigenvalue weighted by molar-refractivity contribution is 9.10. The van der Waals surface area contributed by atoms with Crippen molar-refractivity contribution in [3.05, 3.63) is 28.2 Å². The van der Waals surface area contributed by atoms with Crippen molar-refractivity contribution in [1.82, 2.24) is 0 Å². The number of halogens is 1. The van der Waals surface area contributed by atoms with E-state index in [0.29, 0.717) is 25.3 Å². The van der Waals surface area contributed by atoms with E-state index in [1.54, 1.807) is 12.1 Å². The molecule has 0 aromatic heterocycles. The molecule has 16 heavy (non-hydrogen) atoms. The van der Waals surface area contributed by atoms with E-state index in [1.165, 1.54) is 0 Å². The fraction of sp³-hybridized carbons (Fsp3) is 0.364. The van der Waals surface area contributed by atoms with E-state index in [0.717, 1.165) is 10.2 Å². The van der Waals surface area contributed by atoms with Crippen molar-refractivity contribution in [2.75, 3.05) is 31.7 Å². The van der Waals surface area contributed by atoms with Gasteiger partial charge < -0.3 is 15.2 Å². The molecule has 0 saturated carbocycles. The van der Waals surface area contributed by atoms with E-state index >= 15 is 0 Å². The van der Waals surface area contributed by atoms with Crippen LogP contribution in [-0.2, 0) is 4.74 Å². The van der Waals surface area contributed by atoms with Gasteiger partial charge in [-0.3, -0.25) is 0 Å². The van der Waals surface area contributed by atoms with Gasteiger partial charge in [-0.25, -0.2) is 0 Å². The van der Waals surface area contributed by atoms with Gasteiger partial charge in [-0.15, -0.1) is 0 Å². The third-order valence-corrected chi connectivity index (χ3v) is 2.55. The molecule has 1 rings (SSSR count). The third kappa shape index (κ3) is 4.19. The van der Waals surface area contributed by atoms with Crippen molar-refractivity contribution >= 4 is 21.6 Å². The van der Waals surface area contributed by atoms with Crippen LogP contribution in [0.4, 0.5) is 5.69 Å². The minimum Gasteiger partial charge on any atom is -0.394 e. The third-order valence-electron chi connectivity index (χ3n) is 1.90. The van der Waals surface area contributed by atoms with Crippen LogP contribution in [0.2, 0.25) is 0 Å². The lowest BCUT2D eigenvalue weighted by atomic mass is 10.2. The molecule has 0 spiro atoms. The number of aliphatic hydroxyl groups is 1.